The van der Waals surface area contributed by atoms with Crippen LogP contribution < -0.4 is 9.47 Å². The molecular formula is C39H46FNO14. The van der Waals surface area contributed by atoms with Crippen molar-refractivity contribution in [3.8, 4) is 11.5 Å². The molecule has 8 atom stereocenters. The second-order valence-corrected chi connectivity index (χ2v) is 15.6. The number of Topliss-reactive ketones (excluding diaryl/α,β-unsaturated/α-hetero) is 1. The Kier molecular flexibility index (Phi) is 10.7. The van der Waals surface area contributed by atoms with Gasteiger partial charge in [-0.1, -0.05) is 24.6 Å². The van der Waals surface area contributed by atoms with Crippen LogP contribution in [0, 0.1) is 32.8 Å². The molecule has 1 saturated heterocycles. The Labute approximate surface area is 316 Å². The topological polar surface area (TPSA) is 196 Å². The molecule has 5 aliphatic rings. The van der Waals surface area contributed by atoms with Gasteiger partial charge in [0.2, 0.25) is 5.78 Å². The van der Waals surface area contributed by atoms with Crippen molar-refractivity contribution in [1.82, 2.24) is 0 Å². The van der Waals surface area contributed by atoms with Crippen LogP contribution in [0.1, 0.15) is 71.8 Å². The van der Waals surface area contributed by atoms with E-state index in [2.05, 4.69) is 4.84 Å². The SMILES string of the molecule is COc1cc(/C=C/C(=O)OCCCCO[N+](=O)[O-])ccc1OC(=O)OCC(=O)[C@@]12OC(C)(C)O[C@@H]1CC1C3CCC4=CC(=O)C=C[C@]4(C)[C@@]3(F)[C@@H](O)C[C@@]12C. The van der Waals surface area contributed by atoms with E-state index in [0.717, 1.165) is 0 Å². The zero-order valence-corrected chi connectivity index (χ0v) is 31.4. The molecule has 3 saturated carbocycles. The summed E-state index contributed by atoms with van der Waals surface area (Å²) in [6.07, 6.45) is 5.11. The normalized spacial score (nSPS) is 34.1. The molecule has 55 heavy (non-hydrogen) atoms. The van der Waals surface area contributed by atoms with Crippen molar-refractivity contribution in [3.63, 3.8) is 0 Å². The average Bonchev–Trinajstić information content (AvgIpc) is 3.54. The first-order valence-corrected chi connectivity index (χ1v) is 18.3. The lowest BCUT2D eigenvalue weighted by Crippen LogP contribution is -2.70. The summed E-state index contributed by atoms with van der Waals surface area (Å²) in [5.74, 6) is -3.74. The lowest BCUT2D eigenvalue weighted by molar-refractivity contribution is -0.757. The molecule has 1 heterocycles. The van der Waals surface area contributed by atoms with E-state index in [1.165, 1.54) is 49.6 Å². The van der Waals surface area contributed by atoms with Crippen LogP contribution in [-0.4, -0.2) is 90.1 Å². The Morgan fingerprint density at radius 3 is 2.56 bits per heavy atom. The lowest BCUT2D eigenvalue weighted by Gasteiger charge is -2.62. The van der Waals surface area contributed by atoms with Crippen LogP contribution >= 0.6 is 0 Å². The zero-order valence-electron chi connectivity index (χ0n) is 31.4. The standard InChI is InChI=1S/C39H46FNO14/c1-35(2)54-32-20-27-26-11-10-24-19-25(42)14-15-36(24,3)38(26,40)30(43)21-37(27,4)39(32,55-35)31(44)22-51-34(46)53-28-12-8-23(18-29(28)49-5)9-13-33(45)50-16-6-7-17-52-41(47)48/h8-9,12-15,18-19,26-27,30,32,43H,6-7,10-11,16-17,20-22H2,1-5H3/b13-9+/t26?,27?,30-,32+,36-,37-,38-,39+/m0/s1. The van der Waals surface area contributed by atoms with Crippen molar-refractivity contribution in [1.29, 1.82) is 0 Å². The van der Waals surface area contributed by atoms with Crippen LogP contribution in [0.25, 0.3) is 6.08 Å². The van der Waals surface area contributed by atoms with Gasteiger partial charge in [0, 0.05) is 22.8 Å². The van der Waals surface area contributed by atoms with E-state index in [-0.39, 0.29) is 43.3 Å². The van der Waals surface area contributed by atoms with E-state index in [1.54, 1.807) is 26.8 Å². The fourth-order valence-electron chi connectivity index (χ4n) is 9.76. The minimum Gasteiger partial charge on any atom is -0.493 e. The first-order valence-electron chi connectivity index (χ1n) is 18.3. The number of hydrogen-bond donors (Lipinski definition) is 1. The largest absolute Gasteiger partial charge is 0.514 e. The van der Waals surface area contributed by atoms with Crippen LogP contribution in [0.5, 0.6) is 11.5 Å². The van der Waals surface area contributed by atoms with Crippen molar-refractivity contribution >= 4 is 29.8 Å². The summed E-state index contributed by atoms with van der Waals surface area (Å²) in [6, 6.07) is 4.44. The van der Waals surface area contributed by atoms with Crippen molar-refractivity contribution < 1.29 is 67.0 Å². The minimum absolute atomic E-state index is 0.0329. The summed E-state index contributed by atoms with van der Waals surface area (Å²) in [7, 11) is 1.34. The number of nitrogens with zero attached hydrogens (tertiary/aromatic N) is 1. The number of alkyl halides is 1. The van der Waals surface area contributed by atoms with Crippen LogP contribution in [0.15, 0.2) is 48.1 Å². The first kappa shape index (κ1) is 40.0. The molecule has 298 valence electrons. The lowest BCUT2D eigenvalue weighted by atomic mass is 9.44. The molecule has 15 nitrogen and oxygen atoms in total. The van der Waals surface area contributed by atoms with Crippen molar-refractivity contribution in [2.75, 3.05) is 26.9 Å². The molecule has 2 unspecified atom stereocenters. The van der Waals surface area contributed by atoms with Gasteiger partial charge >= 0.3 is 12.1 Å². The zero-order chi connectivity index (χ0) is 40.0. The van der Waals surface area contributed by atoms with Crippen molar-refractivity contribution in [2.45, 2.75) is 95.5 Å². The molecule has 0 amide bonds. The molecule has 6 rings (SSSR count). The van der Waals surface area contributed by atoms with Crippen LogP contribution in [0.4, 0.5) is 9.18 Å². The van der Waals surface area contributed by atoms with E-state index >= 15 is 4.39 Å². The average molecular weight is 772 g/mol. The summed E-state index contributed by atoms with van der Waals surface area (Å²) in [5, 5.41) is 21.1. The number of carbonyl (C=O) groups is 4. The quantitative estimate of drug-likeness (QED) is 0.0686. The molecule has 0 aromatic heterocycles. The third kappa shape index (κ3) is 6.92. The molecule has 1 aromatic carbocycles. The third-order valence-corrected chi connectivity index (χ3v) is 12.1. The van der Waals surface area contributed by atoms with E-state index < -0.39 is 81.5 Å². The van der Waals surface area contributed by atoms with Crippen molar-refractivity contribution in [3.05, 3.63) is 63.8 Å². The number of hydrogen-bond acceptors (Lipinski definition) is 14. The highest BCUT2D eigenvalue weighted by Crippen LogP contribution is 2.72. The highest BCUT2D eigenvalue weighted by atomic mass is 19.1. The number of unbranched alkanes of at least 4 members (excludes halogenated alkanes) is 1. The monoisotopic (exact) mass is 771 g/mol. The number of rotatable bonds is 13. The molecule has 1 aromatic rings. The van der Waals surface area contributed by atoms with Gasteiger partial charge in [0.15, 0.2) is 40.9 Å². The van der Waals surface area contributed by atoms with Gasteiger partial charge in [0.05, 0.1) is 32.5 Å². The second kappa shape index (κ2) is 14.8. The van der Waals surface area contributed by atoms with Gasteiger partial charge in [-0.3, -0.25) is 9.59 Å². The van der Waals surface area contributed by atoms with Crippen LogP contribution in [0.3, 0.4) is 0 Å². The maximum atomic E-state index is 17.7. The molecule has 4 aliphatic carbocycles. The number of esters is 1. The second-order valence-electron chi connectivity index (χ2n) is 15.6. The number of benzene rings is 1. The number of ether oxygens (including phenoxy) is 6. The predicted molar refractivity (Wildman–Crippen MR) is 189 cm³/mol. The Hall–Kier alpha value is -4.67. The number of halogens is 1. The third-order valence-electron chi connectivity index (χ3n) is 12.1. The Morgan fingerprint density at radius 1 is 1.09 bits per heavy atom. The van der Waals surface area contributed by atoms with Gasteiger partial charge in [0.25, 0.3) is 5.09 Å². The van der Waals surface area contributed by atoms with Gasteiger partial charge in [-0.15, -0.1) is 10.1 Å². The Balaban J connectivity index is 1.12. The van der Waals surface area contributed by atoms with Gasteiger partial charge in [-0.2, -0.15) is 0 Å². The molecule has 0 bridgehead atoms. The molecule has 0 spiro atoms. The fourth-order valence-corrected chi connectivity index (χ4v) is 9.76. The smallest absolute Gasteiger partial charge is 0.493 e. The maximum Gasteiger partial charge on any atom is 0.514 e. The first-order chi connectivity index (χ1) is 25.9. The van der Waals surface area contributed by atoms with E-state index in [9.17, 15) is 34.4 Å². The number of fused-ring (bicyclic) bond motifs is 7. The van der Waals surface area contributed by atoms with Gasteiger partial charge in [-0.05, 0) is 101 Å². The molecule has 0 radical (unpaired) electrons. The number of methoxy groups -OCH3 is 1. The maximum absolute atomic E-state index is 17.7. The molecule has 1 N–H and O–H groups in total. The summed E-state index contributed by atoms with van der Waals surface area (Å²) < 4.78 is 51.6. The molecule has 1 aliphatic heterocycles. The summed E-state index contributed by atoms with van der Waals surface area (Å²) >= 11 is 0. The van der Waals surface area contributed by atoms with Gasteiger partial charge < -0.3 is 38.4 Å². The molecule has 16 heteroatoms. The Morgan fingerprint density at radius 2 is 1.84 bits per heavy atom. The van der Waals surface area contributed by atoms with Crippen LogP contribution in [0.2, 0.25) is 0 Å². The van der Waals surface area contributed by atoms with Gasteiger partial charge in [0.1, 0.15) is 0 Å². The number of carbonyl (C=O) groups excluding carboxylic acids is 4. The fraction of sp³-hybridized carbons (Fsp3) is 0.590. The van der Waals surface area contributed by atoms with Crippen LogP contribution in [-0.2, 0) is 38.2 Å². The highest BCUT2D eigenvalue weighted by molar-refractivity contribution is 6.01. The minimum atomic E-state index is -2.12. The number of aliphatic hydroxyl groups is 1. The van der Waals surface area contributed by atoms with Gasteiger partial charge in [-0.25, -0.2) is 14.0 Å². The van der Waals surface area contributed by atoms with Crippen molar-refractivity contribution in [2.24, 2.45) is 22.7 Å². The van der Waals surface area contributed by atoms with E-state index in [1.807, 2.05) is 6.92 Å². The number of aliphatic hydroxyl groups excluding tert-OH is 1. The highest BCUT2D eigenvalue weighted by Gasteiger charge is 2.80. The predicted octanol–water partition coefficient (Wildman–Crippen LogP) is 5.20. The Bertz CT molecular complexity index is 1840. The van der Waals surface area contributed by atoms with E-state index in [0.29, 0.717) is 36.8 Å². The number of ketones is 2. The summed E-state index contributed by atoms with van der Waals surface area (Å²) in [4.78, 5) is 66.0. The molecule has 4 fully saturated rings. The summed E-state index contributed by atoms with van der Waals surface area (Å²) in [5.41, 5.74) is -4.99. The van der Waals surface area contributed by atoms with E-state index in [4.69, 9.17) is 28.4 Å². The molecular weight excluding hydrogens is 725 g/mol. The number of allylic oxidation sites excluding steroid dienone is 4. The summed E-state index contributed by atoms with van der Waals surface area (Å²) in [6.45, 7) is 6.06.